The monoisotopic (exact) mass is 1100 g/mol. The Labute approximate surface area is 482 Å². The summed E-state index contributed by atoms with van der Waals surface area (Å²) in [5.74, 6) is -2.60. The van der Waals surface area contributed by atoms with Crippen molar-refractivity contribution in [3.05, 3.63) is 177 Å². The fourth-order valence-electron chi connectivity index (χ4n) is 11.3. The van der Waals surface area contributed by atoms with Crippen molar-refractivity contribution in [1.82, 2.24) is 9.97 Å². The van der Waals surface area contributed by atoms with Gasteiger partial charge in [0.2, 0.25) is 0 Å². The molecule has 0 spiro atoms. The maximum absolute atomic E-state index is 14.0. The number of ether oxygens (including phenoxy) is 2. The number of benzene rings is 5. The first-order valence-corrected chi connectivity index (χ1v) is 30.0. The number of ketones is 2. The van der Waals surface area contributed by atoms with Crippen molar-refractivity contribution in [2.75, 3.05) is 36.0 Å². The topological polar surface area (TPSA) is 159 Å². The van der Waals surface area contributed by atoms with E-state index in [0.717, 1.165) is 136 Å². The quantitative estimate of drug-likeness (QED) is 0.0325. The summed E-state index contributed by atoms with van der Waals surface area (Å²) in [4.78, 5) is 70.4. The second-order valence-corrected chi connectivity index (χ2v) is 21.9. The Morgan fingerprint density at radius 3 is 1.17 bits per heavy atom. The Balaban J connectivity index is 0.868. The first kappa shape index (κ1) is 58.5. The van der Waals surface area contributed by atoms with Gasteiger partial charge in [-0.1, -0.05) is 165 Å². The predicted octanol–water partition coefficient (Wildman–Crippen LogP) is 16.7. The number of aliphatic hydroxyl groups excluding tert-OH is 2. The van der Waals surface area contributed by atoms with Crippen molar-refractivity contribution in [2.24, 2.45) is 0 Å². The van der Waals surface area contributed by atoms with Crippen molar-refractivity contribution in [1.29, 1.82) is 0 Å². The molecular weight excluding hydrogens is 1020 g/mol. The molecule has 0 fully saturated rings. The summed E-state index contributed by atoms with van der Waals surface area (Å²) >= 11 is 0. The molecule has 0 saturated heterocycles. The van der Waals surface area contributed by atoms with Gasteiger partial charge in [-0.3, -0.25) is 9.59 Å². The van der Waals surface area contributed by atoms with Crippen molar-refractivity contribution in [3.8, 4) is 0 Å². The number of hydrogen-bond donors (Lipinski definition) is 2. The maximum atomic E-state index is 14.0. The van der Waals surface area contributed by atoms with Gasteiger partial charge in [0, 0.05) is 59.2 Å². The number of aromatic nitrogens is 2. The number of nitrogens with zero attached hydrogens (tertiary/aromatic N) is 4. The normalized spacial score (nSPS) is 12.9. The van der Waals surface area contributed by atoms with E-state index in [-0.39, 0.29) is 80.8 Å². The molecule has 7 aromatic rings. The molecule has 2 aliphatic carbocycles. The van der Waals surface area contributed by atoms with Crippen molar-refractivity contribution >= 4 is 79.4 Å². The number of rotatable bonds is 30. The third-order valence-corrected chi connectivity index (χ3v) is 16.0. The lowest BCUT2D eigenvalue weighted by atomic mass is 10.0. The molecule has 0 amide bonds. The number of Topliss-reactive ketones (excluding diaryl/α,β-unsaturated/α-hetero) is 2. The molecule has 5 aromatic carbocycles. The van der Waals surface area contributed by atoms with E-state index >= 15 is 0 Å². The molecule has 2 aromatic heterocycles. The molecule has 82 heavy (non-hydrogen) atoms. The largest absolute Gasteiger partial charge is 0.506 e. The smallest absolute Gasteiger partial charge is 0.338 e. The number of allylic oxidation sites excluding steroid dienone is 2. The van der Waals surface area contributed by atoms with E-state index in [4.69, 9.17) is 19.4 Å². The Kier molecular flexibility index (Phi) is 20.0. The van der Waals surface area contributed by atoms with Crippen molar-refractivity contribution in [2.45, 2.75) is 144 Å². The number of para-hydroxylation sites is 2. The van der Waals surface area contributed by atoms with Gasteiger partial charge in [0.05, 0.1) is 56.1 Å². The zero-order chi connectivity index (χ0) is 57.5. The fourth-order valence-corrected chi connectivity index (χ4v) is 11.3. The van der Waals surface area contributed by atoms with Gasteiger partial charge < -0.3 is 29.5 Å². The molecule has 9 rings (SSSR count). The number of anilines is 2. The van der Waals surface area contributed by atoms with E-state index in [2.05, 4.69) is 49.6 Å². The van der Waals surface area contributed by atoms with Crippen LogP contribution in [-0.4, -0.2) is 69.9 Å². The highest BCUT2D eigenvalue weighted by atomic mass is 16.5. The van der Waals surface area contributed by atoms with Crippen molar-refractivity contribution < 1.29 is 38.9 Å². The molecule has 2 aliphatic rings. The van der Waals surface area contributed by atoms with Crippen LogP contribution in [0, 0.1) is 0 Å². The summed E-state index contributed by atoms with van der Waals surface area (Å²) < 4.78 is 11.6. The molecule has 0 aliphatic heterocycles. The minimum absolute atomic E-state index is 0.0831. The molecule has 426 valence electrons. The Morgan fingerprint density at radius 1 is 0.427 bits per heavy atom. The zero-order valence-electron chi connectivity index (χ0n) is 48.2. The zero-order valence-corrected chi connectivity index (χ0v) is 48.2. The molecule has 2 N–H and O–H groups in total. The number of unbranched alkanes of at least 4 members (excludes halogenated alkanes) is 12. The average molecular weight is 1100 g/mol. The number of esters is 2. The van der Waals surface area contributed by atoms with Gasteiger partial charge in [-0.25, -0.2) is 19.6 Å². The van der Waals surface area contributed by atoms with Gasteiger partial charge in [-0.15, -0.1) is 0 Å². The molecular formula is C70H78N4O8. The lowest BCUT2D eigenvalue weighted by molar-refractivity contribution is 0.0435. The minimum atomic E-state index is -0.674. The van der Waals surface area contributed by atoms with Crippen LogP contribution < -0.4 is 9.80 Å². The van der Waals surface area contributed by atoms with Crippen LogP contribution >= 0.6 is 0 Å². The number of hydrogen-bond acceptors (Lipinski definition) is 12. The van der Waals surface area contributed by atoms with Crippen LogP contribution in [0.3, 0.4) is 0 Å². The van der Waals surface area contributed by atoms with E-state index in [1.54, 1.807) is 36.4 Å². The molecule has 12 nitrogen and oxygen atoms in total. The minimum Gasteiger partial charge on any atom is -0.506 e. The van der Waals surface area contributed by atoms with Crippen LogP contribution in [0.1, 0.15) is 206 Å². The Morgan fingerprint density at radius 2 is 0.805 bits per heavy atom. The maximum Gasteiger partial charge on any atom is 0.338 e. The predicted molar refractivity (Wildman–Crippen MR) is 330 cm³/mol. The summed E-state index contributed by atoms with van der Waals surface area (Å²) in [5.41, 5.74) is 6.91. The van der Waals surface area contributed by atoms with Gasteiger partial charge in [-0.2, -0.15) is 0 Å². The molecule has 0 radical (unpaired) electrons. The standard InChI is InChI=1S/C70H78N4O8/c1-5-9-13-19-39-73(40-20-14-10-6-2)59-29-23-27-47-33-37-57(71-63(47)59)61-65(75)53-35-31-49(43-55(53)67(61)77)69(79)81-45-51-25-17-18-26-52(51)46-82-70(80)50-32-36-54-56(44-50)68(78)62(66(54)76)58-38-34-48-28-24-30-60(64(48)72-58)74(41-21-15-11-7-3)42-22-16-12-8-4/h17-18,23-38,43-44,77-78H,5-16,19-22,39-42,45-46H2,1-4H3. The number of carbonyl (C=O) groups is 4. The third kappa shape index (κ3) is 13.3. The summed E-state index contributed by atoms with van der Waals surface area (Å²) in [6, 6.07) is 35.9. The molecule has 12 heteroatoms. The van der Waals surface area contributed by atoms with E-state index in [0.29, 0.717) is 22.5 Å². The van der Waals surface area contributed by atoms with E-state index in [1.807, 2.05) is 36.4 Å². The molecule has 0 saturated carbocycles. The van der Waals surface area contributed by atoms with E-state index in [9.17, 15) is 29.4 Å². The van der Waals surface area contributed by atoms with Gasteiger partial charge in [0.15, 0.2) is 11.6 Å². The second-order valence-electron chi connectivity index (χ2n) is 21.9. The van der Waals surface area contributed by atoms with E-state index in [1.165, 1.54) is 62.1 Å². The van der Waals surface area contributed by atoms with Crippen molar-refractivity contribution in [3.63, 3.8) is 0 Å². The van der Waals surface area contributed by atoms with Crippen LogP contribution in [0.4, 0.5) is 11.4 Å². The van der Waals surface area contributed by atoms with Gasteiger partial charge >= 0.3 is 11.9 Å². The lowest BCUT2D eigenvalue weighted by Gasteiger charge is -2.26. The summed E-state index contributed by atoms with van der Waals surface area (Å²) in [6.07, 6.45) is 18.3. The summed E-state index contributed by atoms with van der Waals surface area (Å²) in [6.45, 7) is 12.2. The Hall–Kier alpha value is -8.12. The highest BCUT2D eigenvalue weighted by Crippen LogP contribution is 2.40. The fraction of sp³-hybridized carbons (Fsp3) is 0.371. The molecule has 0 bridgehead atoms. The molecule has 0 atom stereocenters. The third-order valence-electron chi connectivity index (χ3n) is 16.0. The highest BCUT2D eigenvalue weighted by molar-refractivity contribution is 6.39. The first-order chi connectivity index (χ1) is 40.0. The summed E-state index contributed by atoms with van der Waals surface area (Å²) in [7, 11) is 0. The summed E-state index contributed by atoms with van der Waals surface area (Å²) in [5, 5.41) is 25.3. The highest BCUT2D eigenvalue weighted by Gasteiger charge is 2.35. The van der Waals surface area contributed by atoms with Crippen LogP contribution in [0.15, 0.2) is 121 Å². The van der Waals surface area contributed by atoms with Crippen LogP contribution in [-0.2, 0) is 22.7 Å². The van der Waals surface area contributed by atoms with Crippen LogP contribution in [0.25, 0.3) is 44.5 Å². The van der Waals surface area contributed by atoms with Gasteiger partial charge in [-0.05, 0) is 97.5 Å². The number of pyridine rings is 2. The average Bonchev–Trinajstić information content (AvgIpc) is 2.92. The first-order valence-electron chi connectivity index (χ1n) is 30.0. The number of aliphatic hydroxyl groups is 2. The van der Waals surface area contributed by atoms with Gasteiger partial charge in [0.1, 0.15) is 24.7 Å². The lowest BCUT2D eigenvalue weighted by Crippen LogP contribution is -2.26. The number of carbonyl (C=O) groups excluding carboxylic acids is 4. The van der Waals surface area contributed by atoms with Crippen LogP contribution in [0.2, 0.25) is 0 Å². The van der Waals surface area contributed by atoms with E-state index < -0.39 is 11.9 Å². The SMILES string of the molecule is CCCCCCN(CCCCCC)c1cccc2ccc(C3=C(O)c4cc(C(=O)OCc5ccccc5COC(=O)c5ccc6c(c5)C(O)=C(c5ccc7cccc(N(CCCCCC)CCCCCC)c7n5)C6=O)ccc4C3=O)nc12. The number of fused-ring (bicyclic) bond motifs is 4. The van der Waals surface area contributed by atoms with Crippen LogP contribution in [0.5, 0.6) is 0 Å². The second kappa shape index (κ2) is 28.0. The molecule has 2 heterocycles. The van der Waals surface area contributed by atoms with Gasteiger partial charge in [0.25, 0.3) is 0 Å². The Bertz CT molecular complexity index is 3270. The molecule has 0 unspecified atom stereocenters.